The quantitative estimate of drug-likeness (QED) is 0.121. The maximum absolute atomic E-state index is 11.9. The lowest BCUT2D eigenvalue weighted by molar-refractivity contribution is -0.153. The van der Waals surface area contributed by atoms with Gasteiger partial charge in [-0.1, -0.05) is 90.2 Å². The molecule has 4 nitrogen and oxygen atoms in total. The molecule has 0 bridgehead atoms. The highest BCUT2D eigenvalue weighted by molar-refractivity contribution is 5.79. The van der Waals surface area contributed by atoms with Crippen LogP contribution in [0.3, 0.4) is 0 Å². The molecule has 0 radical (unpaired) electrons. The highest BCUT2D eigenvalue weighted by atomic mass is 16.5. The number of carboxylic acids is 1. The van der Waals surface area contributed by atoms with Gasteiger partial charge in [-0.2, -0.15) is 0 Å². The fourth-order valence-corrected chi connectivity index (χ4v) is 3.47. The highest BCUT2D eigenvalue weighted by Gasteiger charge is 2.22. The summed E-state index contributed by atoms with van der Waals surface area (Å²) in [5, 5.41) is 8.98. The number of carbonyl (C=O) groups excluding carboxylic acids is 1. The fraction of sp³-hybridized carbons (Fsp3) is 0.840. The first-order valence-corrected chi connectivity index (χ1v) is 12.1. The van der Waals surface area contributed by atoms with Gasteiger partial charge in [0.1, 0.15) is 0 Å². The molecular formula is C25H46O4. The predicted molar refractivity (Wildman–Crippen MR) is 121 cm³/mol. The standard InChI is InChI=1S/C25H46O4/c1-3-5-6-7-8-9-10-11-12-13-14-15-16-17-18-19-20-23(22-24(26)27)25(28)29-21-4-2/h11-12,23H,3-10,13-22H2,1-2H3,(H,26,27)/b12-11+. The molecule has 0 fully saturated rings. The van der Waals surface area contributed by atoms with Crippen molar-refractivity contribution in [3.63, 3.8) is 0 Å². The van der Waals surface area contributed by atoms with Gasteiger partial charge in [0.05, 0.1) is 18.9 Å². The Balaban J connectivity index is 3.56. The van der Waals surface area contributed by atoms with Crippen LogP contribution in [0.4, 0.5) is 0 Å². The molecule has 0 aromatic heterocycles. The largest absolute Gasteiger partial charge is 0.481 e. The number of hydrogen-bond acceptors (Lipinski definition) is 3. The first-order chi connectivity index (χ1) is 14.1. The minimum atomic E-state index is -0.923. The zero-order chi connectivity index (χ0) is 21.6. The number of aliphatic carboxylic acids is 1. The van der Waals surface area contributed by atoms with Gasteiger partial charge in [0.25, 0.3) is 0 Å². The zero-order valence-electron chi connectivity index (χ0n) is 19.1. The van der Waals surface area contributed by atoms with Gasteiger partial charge in [0, 0.05) is 0 Å². The van der Waals surface area contributed by atoms with Crippen molar-refractivity contribution in [2.75, 3.05) is 6.61 Å². The van der Waals surface area contributed by atoms with Gasteiger partial charge in [0.15, 0.2) is 0 Å². The third-order valence-corrected chi connectivity index (χ3v) is 5.27. The SMILES string of the molecule is CCCCCCCC/C=C/CCCCCCCCC(CC(=O)O)C(=O)OCCC. The molecule has 4 heteroatoms. The van der Waals surface area contributed by atoms with Crippen LogP contribution in [-0.4, -0.2) is 23.7 Å². The molecule has 0 aliphatic rings. The minimum absolute atomic E-state index is 0.117. The Morgan fingerprint density at radius 3 is 1.79 bits per heavy atom. The molecule has 0 heterocycles. The van der Waals surface area contributed by atoms with Crippen molar-refractivity contribution < 1.29 is 19.4 Å². The molecule has 1 N–H and O–H groups in total. The van der Waals surface area contributed by atoms with Crippen molar-refractivity contribution in [3.8, 4) is 0 Å². The third kappa shape index (κ3) is 19.8. The summed E-state index contributed by atoms with van der Waals surface area (Å²) < 4.78 is 5.12. The van der Waals surface area contributed by atoms with E-state index in [4.69, 9.17) is 9.84 Å². The fourth-order valence-electron chi connectivity index (χ4n) is 3.47. The minimum Gasteiger partial charge on any atom is -0.481 e. The maximum Gasteiger partial charge on any atom is 0.309 e. The van der Waals surface area contributed by atoms with Gasteiger partial charge in [-0.05, 0) is 38.5 Å². The van der Waals surface area contributed by atoms with Gasteiger partial charge in [0.2, 0.25) is 0 Å². The van der Waals surface area contributed by atoms with Gasteiger partial charge < -0.3 is 9.84 Å². The van der Waals surface area contributed by atoms with E-state index in [1.807, 2.05) is 6.92 Å². The smallest absolute Gasteiger partial charge is 0.309 e. The molecule has 1 atom stereocenters. The first kappa shape index (κ1) is 27.7. The second-order valence-electron chi connectivity index (χ2n) is 8.19. The van der Waals surface area contributed by atoms with Crippen LogP contribution in [0.2, 0.25) is 0 Å². The van der Waals surface area contributed by atoms with Crippen molar-refractivity contribution in [3.05, 3.63) is 12.2 Å². The van der Waals surface area contributed by atoms with Gasteiger partial charge in [-0.15, -0.1) is 0 Å². The maximum atomic E-state index is 11.9. The molecule has 0 saturated heterocycles. The van der Waals surface area contributed by atoms with Crippen molar-refractivity contribution in [2.45, 2.75) is 123 Å². The van der Waals surface area contributed by atoms with Crippen molar-refractivity contribution in [2.24, 2.45) is 5.92 Å². The van der Waals surface area contributed by atoms with Crippen LogP contribution in [0.25, 0.3) is 0 Å². The number of ether oxygens (including phenoxy) is 1. The number of carboxylic acid groups (broad SMARTS) is 1. The van der Waals surface area contributed by atoms with E-state index in [1.165, 1.54) is 70.6 Å². The lowest BCUT2D eigenvalue weighted by Crippen LogP contribution is -2.21. The average molecular weight is 411 g/mol. The van der Waals surface area contributed by atoms with Crippen LogP contribution < -0.4 is 0 Å². The first-order valence-electron chi connectivity index (χ1n) is 12.1. The summed E-state index contributed by atoms with van der Waals surface area (Å²) in [6, 6.07) is 0. The zero-order valence-corrected chi connectivity index (χ0v) is 19.1. The second kappa shape index (κ2) is 21.4. The summed E-state index contributed by atoms with van der Waals surface area (Å²) in [6.07, 6.45) is 23.4. The molecule has 0 aromatic carbocycles. The molecule has 0 aliphatic carbocycles. The van der Waals surface area contributed by atoms with Gasteiger partial charge >= 0.3 is 11.9 Å². The van der Waals surface area contributed by atoms with Gasteiger partial charge in [-0.3, -0.25) is 9.59 Å². The Morgan fingerprint density at radius 2 is 1.28 bits per heavy atom. The Bertz CT molecular complexity index is 417. The van der Waals surface area contributed by atoms with Crippen LogP contribution in [0, 0.1) is 5.92 Å². The Labute approximate surface area is 179 Å². The molecule has 0 aliphatic heterocycles. The van der Waals surface area contributed by atoms with E-state index in [-0.39, 0.29) is 12.4 Å². The summed E-state index contributed by atoms with van der Waals surface area (Å²) in [4.78, 5) is 22.9. The van der Waals surface area contributed by atoms with Crippen LogP contribution in [0.15, 0.2) is 12.2 Å². The molecule has 0 rings (SSSR count). The lowest BCUT2D eigenvalue weighted by atomic mass is 9.97. The van der Waals surface area contributed by atoms with Crippen molar-refractivity contribution >= 4 is 11.9 Å². The number of unbranched alkanes of at least 4 members (excludes halogenated alkanes) is 12. The van der Waals surface area contributed by atoms with E-state index in [0.717, 1.165) is 25.7 Å². The summed E-state index contributed by atoms with van der Waals surface area (Å²) >= 11 is 0. The number of esters is 1. The Hall–Kier alpha value is -1.32. The molecule has 0 saturated carbocycles. The molecule has 170 valence electrons. The van der Waals surface area contributed by atoms with Crippen LogP contribution >= 0.6 is 0 Å². The number of hydrogen-bond donors (Lipinski definition) is 1. The molecular weight excluding hydrogens is 364 g/mol. The van der Waals surface area contributed by atoms with E-state index < -0.39 is 11.9 Å². The molecule has 0 amide bonds. The number of carbonyl (C=O) groups is 2. The number of allylic oxidation sites excluding steroid dienone is 2. The monoisotopic (exact) mass is 410 g/mol. The molecule has 1 unspecified atom stereocenters. The topological polar surface area (TPSA) is 63.6 Å². The van der Waals surface area contributed by atoms with E-state index in [0.29, 0.717) is 13.0 Å². The number of rotatable bonds is 21. The molecule has 0 aromatic rings. The van der Waals surface area contributed by atoms with Crippen LogP contribution in [0.1, 0.15) is 123 Å². The second-order valence-corrected chi connectivity index (χ2v) is 8.19. The summed E-state index contributed by atoms with van der Waals surface area (Å²) in [7, 11) is 0. The molecule has 29 heavy (non-hydrogen) atoms. The Kier molecular flexibility index (Phi) is 20.4. The average Bonchev–Trinajstić information content (AvgIpc) is 2.70. The normalized spacial score (nSPS) is 12.3. The summed E-state index contributed by atoms with van der Waals surface area (Å²) in [6.45, 7) is 4.57. The van der Waals surface area contributed by atoms with E-state index in [1.54, 1.807) is 0 Å². The third-order valence-electron chi connectivity index (χ3n) is 5.27. The molecule has 0 spiro atoms. The lowest BCUT2D eigenvalue weighted by Gasteiger charge is -2.13. The summed E-state index contributed by atoms with van der Waals surface area (Å²) in [5.74, 6) is -1.76. The van der Waals surface area contributed by atoms with E-state index >= 15 is 0 Å². The van der Waals surface area contributed by atoms with E-state index in [2.05, 4.69) is 19.1 Å². The highest BCUT2D eigenvalue weighted by Crippen LogP contribution is 2.17. The van der Waals surface area contributed by atoms with Crippen molar-refractivity contribution in [1.29, 1.82) is 0 Å². The van der Waals surface area contributed by atoms with Crippen LogP contribution in [0.5, 0.6) is 0 Å². The Morgan fingerprint density at radius 1 is 0.759 bits per heavy atom. The van der Waals surface area contributed by atoms with Crippen LogP contribution in [-0.2, 0) is 14.3 Å². The van der Waals surface area contributed by atoms with Gasteiger partial charge in [-0.25, -0.2) is 0 Å². The summed E-state index contributed by atoms with van der Waals surface area (Å²) in [5.41, 5.74) is 0. The predicted octanol–water partition coefficient (Wildman–Crippen LogP) is 7.46. The van der Waals surface area contributed by atoms with Crippen molar-refractivity contribution in [1.82, 2.24) is 0 Å². The van der Waals surface area contributed by atoms with E-state index in [9.17, 15) is 9.59 Å².